The van der Waals surface area contributed by atoms with Gasteiger partial charge in [-0.15, -0.1) is 0 Å². The number of carbonyl (C=O) groups excluding carboxylic acids is 1. The predicted molar refractivity (Wildman–Crippen MR) is 78.3 cm³/mol. The van der Waals surface area contributed by atoms with Crippen LogP contribution in [0.5, 0.6) is 0 Å². The molecule has 0 aliphatic carbocycles. The van der Waals surface area contributed by atoms with Crippen LogP contribution in [0.25, 0.3) is 0 Å². The fourth-order valence-corrected chi connectivity index (χ4v) is 2.13. The molecule has 0 unspecified atom stereocenters. The third-order valence-corrected chi connectivity index (χ3v) is 3.62. The molecule has 0 saturated carbocycles. The molecule has 0 spiro atoms. The van der Waals surface area contributed by atoms with Crippen molar-refractivity contribution in [2.45, 2.75) is 59.2 Å². The van der Waals surface area contributed by atoms with E-state index in [0.29, 0.717) is 25.4 Å². The summed E-state index contributed by atoms with van der Waals surface area (Å²) in [5.41, 5.74) is 0.196. The van der Waals surface area contributed by atoms with Crippen LogP contribution in [0, 0.1) is 5.41 Å². The van der Waals surface area contributed by atoms with E-state index < -0.39 is 5.79 Å². The minimum Gasteiger partial charge on any atom is -0.462 e. The lowest BCUT2D eigenvalue weighted by Crippen LogP contribution is -2.49. The van der Waals surface area contributed by atoms with Gasteiger partial charge in [0.2, 0.25) is 0 Å². The summed E-state index contributed by atoms with van der Waals surface area (Å²) in [7, 11) is 0. The van der Waals surface area contributed by atoms with Gasteiger partial charge in [0.25, 0.3) is 0 Å². The molecule has 0 atom stereocenters. The van der Waals surface area contributed by atoms with Gasteiger partial charge in [-0.1, -0.05) is 32.8 Å². The maximum absolute atomic E-state index is 11.6. The van der Waals surface area contributed by atoms with Crippen molar-refractivity contribution in [3.05, 3.63) is 12.2 Å². The highest BCUT2D eigenvalue weighted by Crippen LogP contribution is 2.34. The van der Waals surface area contributed by atoms with Gasteiger partial charge in [-0.2, -0.15) is 0 Å². The Bertz CT molecular complexity index is 336. The van der Waals surface area contributed by atoms with E-state index in [1.165, 1.54) is 6.42 Å². The summed E-state index contributed by atoms with van der Waals surface area (Å²) in [5.74, 6) is -0.892. The summed E-state index contributed by atoms with van der Waals surface area (Å²) in [4.78, 5) is 11.6. The lowest BCUT2D eigenvalue weighted by Gasteiger charge is -2.43. The summed E-state index contributed by atoms with van der Waals surface area (Å²) >= 11 is 0. The van der Waals surface area contributed by atoms with Crippen LogP contribution in [0.15, 0.2) is 12.2 Å². The molecule has 1 aliphatic rings. The first-order valence-electron chi connectivity index (χ1n) is 7.41. The van der Waals surface area contributed by atoms with Gasteiger partial charge in [-0.25, -0.2) is 4.79 Å². The Morgan fingerprint density at radius 3 is 2.35 bits per heavy atom. The fourth-order valence-electron chi connectivity index (χ4n) is 2.13. The van der Waals surface area contributed by atoms with Crippen LogP contribution in [-0.4, -0.2) is 31.6 Å². The van der Waals surface area contributed by atoms with Crippen molar-refractivity contribution >= 4 is 5.97 Å². The first kappa shape index (κ1) is 17.2. The molecule has 0 aromatic rings. The van der Waals surface area contributed by atoms with Crippen LogP contribution in [-0.2, 0) is 19.0 Å². The first-order chi connectivity index (χ1) is 9.30. The molecule has 0 bridgehead atoms. The number of carbonyl (C=O) groups is 1. The largest absolute Gasteiger partial charge is 0.462 e. The minimum atomic E-state index is -0.549. The zero-order valence-electron chi connectivity index (χ0n) is 13.3. The van der Waals surface area contributed by atoms with Crippen molar-refractivity contribution in [2.24, 2.45) is 5.41 Å². The molecule has 1 saturated heterocycles. The smallest absolute Gasteiger partial charge is 0.333 e. The molecule has 0 amide bonds. The summed E-state index contributed by atoms with van der Waals surface area (Å²) in [6.07, 6.45) is 4.36. The third kappa shape index (κ3) is 5.25. The molecule has 1 aliphatic heterocycles. The van der Waals surface area contributed by atoms with Gasteiger partial charge in [-0.05, 0) is 27.2 Å². The van der Waals surface area contributed by atoms with E-state index in [1.54, 1.807) is 6.92 Å². The summed E-state index contributed by atoms with van der Waals surface area (Å²) in [6.45, 7) is 12.7. The third-order valence-electron chi connectivity index (χ3n) is 3.62. The van der Waals surface area contributed by atoms with Crippen LogP contribution < -0.4 is 0 Å². The zero-order chi connectivity index (χ0) is 15.2. The second kappa shape index (κ2) is 7.23. The summed E-state index contributed by atoms with van der Waals surface area (Å²) in [5, 5.41) is 0. The minimum absolute atomic E-state index is 0.226. The fraction of sp³-hybridized carbons (Fsp3) is 0.812. The average molecular weight is 284 g/mol. The number of hydrogen-bond acceptors (Lipinski definition) is 4. The number of unbranched alkanes of at least 4 members (excludes halogenated alkanes) is 2. The molecule has 1 fully saturated rings. The quantitative estimate of drug-likeness (QED) is 0.408. The lowest BCUT2D eigenvalue weighted by atomic mass is 9.84. The van der Waals surface area contributed by atoms with Crippen LogP contribution in [0.2, 0.25) is 0 Å². The molecule has 20 heavy (non-hydrogen) atoms. The van der Waals surface area contributed by atoms with Crippen LogP contribution in [0.1, 0.15) is 53.4 Å². The molecule has 4 nitrogen and oxygen atoms in total. The van der Waals surface area contributed by atoms with E-state index in [9.17, 15) is 4.79 Å². The van der Waals surface area contributed by atoms with E-state index in [0.717, 1.165) is 19.3 Å². The van der Waals surface area contributed by atoms with Crippen LogP contribution >= 0.6 is 0 Å². The average Bonchev–Trinajstić information content (AvgIpc) is 2.39. The van der Waals surface area contributed by atoms with E-state index in [4.69, 9.17) is 14.2 Å². The van der Waals surface area contributed by atoms with Gasteiger partial charge in [0.15, 0.2) is 5.79 Å². The van der Waals surface area contributed by atoms with Gasteiger partial charge in [0, 0.05) is 5.57 Å². The van der Waals surface area contributed by atoms with Gasteiger partial charge >= 0.3 is 5.97 Å². The summed E-state index contributed by atoms with van der Waals surface area (Å²) in [6, 6.07) is 0. The standard InChI is InChI=1S/C16H28O4/c1-6-7-8-9-16(10-18-14(17)13(2)3)11-19-15(4,5)20-12-16/h2,6-12H2,1,3-5H3. The van der Waals surface area contributed by atoms with E-state index in [1.807, 2.05) is 13.8 Å². The Morgan fingerprint density at radius 1 is 1.25 bits per heavy atom. The lowest BCUT2D eigenvalue weighted by molar-refractivity contribution is -0.291. The molecular formula is C16H28O4. The Hall–Kier alpha value is -0.870. The molecule has 0 N–H and O–H groups in total. The highest BCUT2D eigenvalue weighted by molar-refractivity contribution is 5.86. The Labute approximate surface area is 122 Å². The SMILES string of the molecule is C=C(C)C(=O)OCC1(CCCCC)COC(C)(C)OC1. The predicted octanol–water partition coefficient (Wildman–Crippen LogP) is 3.46. The number of esters is 1. The molecule has 0 aromatic heterocycles. The van der Waals surface area contributed by atoms with Crippen molar-refractivity contribution in [2.75, 3.05) is 19.8 Å². The second-order valence-corrected chi connectivity index (χ2v) is 6.29. The topological polar surface area (TPSA) is 44.8 Å². The Balaban J connectivity index is 2.60. The summed E-state index contributed by atoms with van der Waals surface area (Å²) < 4.78 is 16.9. The molecule has 4 heteroatoms. The van der Waals surface area contributed by atoms with Crippen molar-refractivity contribution in [1.82, 2.24) is 0 Å². The second-order valence-electron chi connectivity index (χ2n) is 6.29. The Kier molecular flexibility index (Phi) is 6.21. The van der Waals surface area contributed by atoms with Crippen molar-refractivity contribution in [3.8, 4) is 0 Å². The van der Waals surface area contributed by atoms with Crippen molar-refractivity contribution < 1.29 is 19.0 Å². The first-order valence-corrected chi connectivity index (χ1v) is 7.41. The van der Waals surface area contributed by atoms with Crippen molar-refractivity contribution in [1.29, 1.82) is 0 Å². The van der Waals surface area contributed by atoms with Crippen LogP contribution in [0.4, 0.5) is 0 Å². The van der Waals surface area contributed by atoms with Gasteiger partial charge in [-0.3, -0.25) is 0 Å². The molecule has 116 valence electrons. The van der Waals surface area contributed by atoms with Gasteiger partial charge in [0.1, 0.15) is 6.61 Å². The molecule has 1 rings (SSSR count). The highest BCUT2D eigenvalue weighted by atomic mass is 16.7. The molecule has 0 aromatic carbocycles. The van der Waals surface area contributed by atoms with E-state index in [-0.39, 0.29) is 11.4 Å². The maximum Gasteiger partial charge on any atom is 0.333 e. The van der Waals surface area contributed by atoms with Gasteiger partial charge < -0.3 is 14.2 Å². The maximum atomic E-state index is 11.6. The highest BCUT2D eigenvalue weighted by Gasteiger charge is 2.40. The van der Waals surface area contributed by atoms with Gasteiger partial charge in [0.05, 0.1) is 18.6 Å². The van der Waals surface area contributed by atoms with Crippen LogP contribution in [0.3, 0.4) is 0 Å². The molecule has 1 heterocycles. The van der Waals surface area contributed by atoms with Crippen molar-refractivity contribution in [3.63, 3.8) is 0 Å². The molecule has 0 radical (unpaired) electrons. The van der Waals surface area contributed by atoms with E-state index in [2.05, 4.69) is 13.5 Å². The zero-order valence-corrected chi connectivity index (χ0v) is 13.3. The number of rotatable bonds is 7. The number of ether oxygens (including phenoxy) is 3. The Morgan fingerprint density at radius 2 is 1.85 bits per heavy atom. The van der Waals surface area contributed by atoms with E-state index >= 15 is 0 Å². The number of hydrogen-bond donors (Lipinski definition) is 0. The molecular weight excluding hydrogens is 256 g/mol. The normalized spacial score (nSPS) is 20.4. The monoisotopic (exact) mass is 284 g/mol.